The number of nitrogens with one attached hydrogen (secondary N) is 2. The van der Waals surface area contributed by atoms with E-state index in [2.05, 4.69) is 10.6 Å². The average Bonchev–Trinajstić information content (AvgIpc) is 3.09. The summed E-state index contributed by atoms with van der Waals surface area (Å²) in [6, 6.07) is 16.7. The van der Waals surface area contributed by atoms with Gasteiger partial charge in [-0.05, 0) is 73.7 Å². The maximum absolute atomic E-state index is 13.0. The van der Waals surface area contributed by atoms with Crippen molar-refractivity contribution in [2.45, 2.75) is 6.92 Å². The molecule has 0 saturated carbocycles. The summed E-state index contributed by atoms with van der Waals surface area (Å²) < 4.78 is 4.94. The van der Waals surface area contributed by atoms with Gasteiger partial charge in [0.15, 0.2) is 0 Å². The van der Waals surface area contributed by atoms with Crippen molar-refractivity contribution in [3.8, 4) is 0 Å². The molecular weight excluding hydrogens is 541 g/mol. The molecule has 8 nitrogen and oxygen atoms in total. The van der Waals surface area contributed by atoms with E-state index in [0.29, 0.717) is 27.0 Å². The van der Waals surface area contributed by atoms with Crippen molar-refractivity contribution < 1.29 is 23.9 Å². The van der Waals surface area contributed by atoms with Crippen molar-refractivity contribution in [1.82, 2.24) is 0 Å². The van der Waals surface area contributed by atoms with Crippen LogP contribution in [0.15, 0.2) is 77.5 Å². The summed E-state index contributed by atoms with van der Waals surface area (Å²) in [7, 11) is 0. The van der Waals surface area contributed by atoms with Gasteiger partial charge < -0.3 is 15.4 Å². The van der Waals surface area contributed by atoms with Crippen molar-refractivity contribution in [1.29, 1.82) is 0 Å². The minimum absolute atomic E-state index is 0.119. The van der Waals surface area contributed by atoms with Gasteiger partial charge in [0.1, 0.15) is 10.7 Å². The predicted octanol–water partition coefficient (Wildman–Crippen LogP) is 5.86. The Kier molecular flexibility index (Phi) is 7.83. The van der Waals surface area contributed by atoms with Gasteiger partial charge in [-0.1, -0.05) is 34.8 Å². The fourth-order valence-electron chi connectivity index (χ4n) is 3.44. The molecule has 3 aromatic rings. The first-order valence-corrected chi connectivity index (χ1v) is 12.0. The van der Waals surface area contributed by atoms with E-state index in [0.717, 1.165) is 4.90 Å². The minimum Gasteiger partial charge on any atom is -0.462 e. The molecule has 3 aromatic carbocycles. The van der Waals surface area contributed by atoms with Crippen LogP contribution in [0.1, 0.15) is 27.6 Å². The number of hydrogen-bond acceptors (Lipinski definition) is 6. The van der Waals surface area contributed by atoms with Crippen LogP contribution in [0, 0.1) is 0 Å². The Hall–Kier alpha value is -3.85. The van der Waals surface area contributed by atoms with Gasteiger partial charge in [-0.15, -0.1) is 0 Å². The van der Waals surface area contributed by atoms with E-state index >= 15 is 0 Å². The third-order valence-corrected chi connectivity index (χ3v) is 6.16. The van der Waals surface area contributed by atoms with E-state index in [1.54, 1.807) is 31.2 Å². The predicted molar refractivity (Wildman–Crippen MR) is 142 cm³/mol. The SMILES string of the molecule is CCOC(=O)c1ccc(N2C(=O)C(Cl)=C(Nc3ccc(C(=O)Nc4ccc(Cl)cc4Cl)cc3)C2=O)cc1. The second kappa shape index (κ2) is 11.0. The summed E-state index contributed by atoms with van der Waals surface area (Å²) in [4.78, 5) is 51.0. The molecule has 1 aliphatic heterocycles. The lowest BCUT2D eigenvalue weighted by Gasteiger charge is -2.15. The number of halogens is 3. The summed E-state index contributed by atoms with van der Waals surface area (Å²) in [6.45, 7) is 1.91. The fourth-order valence-corrected chi connectivity index (χ4v) is 4.11. The molecule has 0 aromatic heterocycles. The lowest BCUT2D eigenvalue weighted by molar-refractivity contribution is -0.120. The second-order valence-corrected chi connectivity index (χ2v) is 8.90. The maximum atomic E-state index is 13.0. The zero-order valence-electron chi connectivity index (χ0n) is 19.2. The Morgan fingerprint density at radius 3 is 2.14 bits per heavy atom. The first kappa shape index (κ1) is 26.2. The number of esters is 1. The van der Waals surface area contributed by atoms with Gasteiger partial charge in [0.25, 0.3) is 17.7 Å². The van der Waals surface area contributed by atoms with Crippen molar-refractivity contribution in [2.75, 3.05) is 22.1 Å². The molecule has 1 aliphatic rings. The molecular formula is C26H18Cl3N3O5. The van der Waals surface area contributed by atoms with Crippen molar-refractivity contribution >= 4 is 75.6 Å². The molecule has 3 amide bonds. The molecule has 4 rings (SSSR count). The highest BCUT2D eigenvalue weighted by Crippen LogP contribution is 2.31. The Bertz CT molecular complexity index is 1440. The lowest BCUT2D eigenvalue weighted by atomic mass is 10.2. The fraction of sp³-hybridized carbons (Fsp3) is 0.0769. The van der Waals surface area contributed by atoms with Gasteiger partial charge in [-0.3, -0.25) is 14.4 Å². The van der Waals surface area contributed by atoms with Crippen LogP contribution < -0.4 is 15.5 Å². The second-order valence-electron chi connectivity index (χ2n) is 7.68. The molecule has 2 N–H and O–H groups in total. The monoisotopic (exact) mass is 557 g/mol. The highest BCUT2D eigenvalue weighted by atomic mass is 35.5. The van der Waals surface area contributed by atoms with Gasteiger partial charge in [-0.25, -0.2) is 9.69 Å². The number of nitrogens with zero attached hydrogens (tertiary/aromatic N) is 1. The van der Waals surface area contributed by atoms with Crippen LogP contribution in [0.5, 0.6) is 0 Å². The van der Waals surface area contributed by atoms with E-state index in [1.807, 2.05) is 0 Å². The Labute approximate surface area is 226 Å². The third-order valence-electron chi connectivity index (χ3n) is 5.26. The van der Waals surface area contributed by atoms with Crippen LogP contribution in [0.2, 0.25) is 10.0 Å². The molecule has 0 aliphatic carbocycles. The third kappa shape index (κ3) is 5.61. The smallest absolute Gasteiger partial charge is 0.338 e. The molecule has 1 heterocycles. The molecule has 0 atom stereocenters. The molecule has 0 unspecified atom stereocenters. The number of ether oxygens (including phenoxy) is 1. The van der Waals surface area contributed by atoms with Gasteiger partial charge in [0.2, 0.25) is 0 Å². The Morgan fingerprint density at radius 2 is 1.51 bits per heavy atom. The standard InChI is InChI=1S/C26H18Cl3N3O5/c1-2-37-26(36)15-5-10-18(11-6-15)32-24(34)21(29)22(25(32)35)30-17-8-3-14(4-9-17)23(33)31-20-12-7-16(27)13-19(20)28/h3-13,30H,2H2,1H3,(H,31,33). The number of anilines is 3. The van der Waals surface area contributed by atoms with Crippen LogP contribution in [-0.2, 0) is 14.3 Å². The van der Waals surface area contributed by atoms with E-state index in [-0.39, 0.29) is 28.6 Å². The molecule has 0 saturated heterocycles. The van der Waals surface area contributed by atoms with E-state index in [4.69, 9.17) is 39.5 Å². The zero-order chi connectivity index (χ0) is 26.7. The van der Waals surface area contributed by atoms with Gasteiger partial charge in [0, 0.05) is 16.3 Å². The Balaban J connectivity index is 1.46. The number of hydrogen-bond donors (Lipinski definition) is 2. The molecule has 0 bridgehead atoms. The number of amides is 3. The van der Waals surface area contributed by atoms with Gasteiger partial charge >= 0.3 is 5.97 Å². The van der Waals surface area contributed by atoms with Crippen molar-refractivity contribution in [3.63, 3.8) is 0 Å². The molecule has 0 radical (unpaired) electrons. The number of imide groups is 1. The molecule has 37 heavy (non-hydrogen) atoms. The van der Waals surface area contributed by atoms with E-state index < -0.39 is 23.7 Å². The number of rotatable bonds is 7. The van der Waals surface area contributed by atoms with Crippen LogP contribution in [0.25, 0.3) is 0 Å². The molecule has 0 fully saturated rings. The average molecular weight is 559 g/mol. The minimum atomic E-state index is -0.714. The van der Waals surface area contributed by atoms with Gasteiger partial charge in [0.05, 0.1) is 28.6 Å². The van der Waals surface area contributed by atoms with Crippen LogP contribution >= 0.6 is 34.8 Å². The van der Waals surface area contributed by atoms with E-state index in [1.165, 1.54) is 42.5 Å². The van der Waals surface area contributed by atoms with Crippen molar-refractivity contribution in [3.05, 3.63) is 98.6 Å². The highest BCUT2D eigenvalue weighted by Gasteiger charge is 2.39. The van der Waals surface area contributed by atoms with E-state index in [9.17, 15) is 19.2 Å². The quantitative estimate of drug-likeness (QED) is 0.278. The molecule has 0 spiro atoms. The summed E-state index contributed by atoms with van der Waals surface area (Å²) in [6.07, 6.45) is 0. The first-order chi connectivity index (χ1) is 17.7. The molecule has 188 valence electrons. The lowest BCUT2D eigenvalue weighted by Crippen LogP contribution is -2.32. The normalized spacial score (nSPS) is 13.1. The first-order valence-electron chi connectivity index (χ1n) is 10.9. The molecule has 11 heteroatoms. The zero-order valence-corrected chi connectivity index (χ0v) is 21.4. The maximum Gasteiger partial charge on any atom is 0.338 e. The number of carbonyl (C=O) groups excluding carboxylic acids is 4. The largest absolute Gasteiger partial charge is 0.462 e. The van der Waals surface area contributed by atoms with Crippen LogP contribution in [0.3, 0.4) is 0 Å². The topological polar surface area (TPSA) is 105 Å². The summed E-state index contributed by atoms with van der Waals surface area (Å²) in [5.74, 6) is -2.30. The van der Waals surface area contributed by atoms with Crippen LogP contribution in [-0.4, -0.2) is 30.3 Å². The Morgan fingerprint density at radius 1 is 0.865 bits per heavy atom. The van der Waals surface area contributed by atoms with Crippen molar-refractivity contribution in [2.24, 2.45) is 0 Å². The van der Waals surface area contributed by atoms with Gasteiger partial charge in [-0.2, -0.15) is 0 Å². The van der Waals surface area contributed by atoms with Crippen LogP contribution in [0.4, 0.5) is 17.1 Å². The highest BCUT2D eigenvalue weighted by molar-refractivity contribution is 6.53. The summed E-state index contributed by atoms with van der Waals surface area (Å²) >= 11 is 18.2. The summed E-state index contributed by atoms with van der Waals surface area (Å²) in [5, 5.41) is 5.98. The number of carbonyl (C=O) groups is 4. The number of benzene rings is 3. The summed E-state index contributed by atoms with van der Waals surface area (Å²) in [5.41, 5.74) is 1.56.